The van der Waals surface area contributed by atoms with E-state index in [0.717, 1.165) is 54.3 Å². The number of rotatable bonds is 2. The Hall–Kier alpha value is -2.31. The van der Waals surface area contributed by atoms with Crippen molar-refractivity contribution in [3.63, 3.8) is 0 Å². The van der Waals surface area contributed by atoms with Crippen molar-refractivity contribution in [2.45, 2.75) is 31.7 Å². The van der Waals surface area contributed by atoms with Crippen LogP contribution in [0.2, 0.25) is 5.02 Å². The number of aromatic nitrogens is 2. The zero-order chi connectivity index (χ0) is 18.4. The molecular weight excluding hydrogens is 366 g/mol. The summed E-state index contributed by atoms with van der Waals surface area (Å²) in [6, 6.07) is 7.42. The maximum atomic E-state index is 13.0. The molecule has 3 aromatic rings. The van der Waals surface area contributed by atoms with E-state index in [1.165, 1.54) is 0 Å². The summed E-state index contributed by atoms with van der Waals surface area (Å²) in [4.78, 5) is 22.7. The van der Waals surface area contributed by atoms with Crippen LogP contribution in [0, 0.1) is 0 Å². The molecule has 140 valence electrons. The number of aromatic amines is 1. The van der Waals surface area contributed by atoms with Gasteiger partial charge in [0, 0.05) is 48.0 Å². The molecule has 0 unspecified atom stereocenters. The van der Waals surface area contributed by atoms with Crippen LogP contribution in [-0.2, 0) is 17.7 Å². The number of hydrogen-bond acceptors (Lipinski definition) is 4. The standard InChI is InChI=1S/C20H20ClN3O3/c21-14-1-2-15-13(9-14)10-16(22-15)20(25)24-6-3-18-17(11-24)23-19(27-18)12-4-7-26-8-5-12/h1-2,9-10,12,22H,3-8,11H2. The average Bonchev–Trinajstić information content (AvgIpc) is 3.31. The molecule has 5 rings (SSSR count). The lowest BCUT2D eigenvalue weighted by Gasteiger charge is -2.24. The van der Waals surface area contributed by atoms with Gasteiger partial charge in [0.2, 0.25) is 0 Å². The SMILES string of the molecule is O=C(c1cc2cc(Cl)ccc2[nH]1)N1CCc2oc(C3CCOCC3)nc2C1. The number of carbonyl (C=O) groups is 1. The second-order valence-corrected chi connectivity index (χ2v) is 7.64. The number of halogens is 1. The number of carbonyl (C=O) groups excluding carboxylic acids is 1. The summed E-state index contributed by atoms with van der Waals surface area (Å²) in [6.45, 7) is 2.63. The molecule has 1 saturated heterocycles. The minimum atomic E-state index is -0.0245. The van der Waals surface area contributed by atoms with Gasteiger partial charge in [-0.1, -0.05) is 11.6 Å². The number of ether oxygens (including phenoxy) is 1. The summed E-state index contributed by atoms with van der Waals surface area (Å²) in [5.74, 6) is 2.03. The Labute approximate surface area is 161 Å². The maximum absolute atomic E-state index is 13.0. The maximum Gasteiger partial charge on any atom is 0.270 e. The predicted octanol–water partition coefficient (Wildman–Crippen LogP) is 3.90. The molecule has 2 aliphatic rings. The Morgan fingerprint density at radius 1 is 1.26 bits per heavy atom. The van der Waals surface area contributed by atoms with Crippen LogP contribution < -0.4 is 0 Å². The predicted molar refractivity (Wildman–Crippen MR) is 101 cm³/mol. The van der Waals surface area contributed by atoms with Gasteiger partial charge in [0.25, 0.3) is 5.91 Å². The summed E-state index contributed by atoms with van der Waals surface area (Å²) in [7, 11) is 0. The Balaban J connectivity index is 1.36. The normalized spacial score (nSPS) is 18.0. The van der Waals surface area contributed by atoms with Crippen LogP contribution in [0.1, 0.15) is 46.6 Å². The third kappa shape index (κ3) is 3.13. The van der Waals surface area contributed by atoms with Gasteiger partial charge in [-0.2, -0.15) is 0 Å². The molecule has 2 aromatic heterocycles. The van der Waals surface area contributed by atoms with Gasteiger partial charge in [0.05, 0.1) is 6.54 Å². The number of amides is 1. The molecule has 0 spiro atoms. The first-order chi connectivity index (χ1) is 13.2. The highest BCUT2D eigenvalue weighted by Crippen LogP contribution is 2.30. The molecule has 1 aromatic carbocycles. The average molecular weight is 386 g/mol. The van der Waals surface area contributed by atoms with Crippen molar-refractivity contribution in [2.24, 2.45) is 0 Å². The first-order valence-electron chi connectivity index (χ1n) is 9.31. The number of fused-ring (bicyclic) bond motifs is 2. The lowest BCUT2D eigenvalue weighted by atomic mass is 10.0. The zero-order valence-corrected chi connectivity index (χ0v) is 15.6. The molecule has 0 aliphatic carbocycles. The second-order valence-electron chi connectivity index (χ2n) is 7.20. The molecule has 7 heteroatoms. The van der Waals surface area contributed by atoms with Crippen LogP contribution in [0.15, 0.2) is 28.7 Å². The highest BCUT2D eigenvalue weighted by atomic mass is 35.5. The van der Waals surface area contributed by atoms with Gasteiger partial charge in [-0.15, -0.1) is 0 Å². The topological polar surface area (TPSA) is 71.4 Å². The summed E-state index contributed by atoms with van der Waals surface area (Å²) in [5.41, 5.74) is 2.36. The van der Waals surface area contributed by atoms with Gasteiger partial charge in [-0.3, -0.25) is 4.79 Å². The Bertz CT molecular complexity index is 1000. The van der Waals surface area contributed by atoms with E-state index in [9.17, 15) is 4.79 Å². The van der Waals surface area contributed by atoms with Crippen LogP contribution in [-0.4, -0.2) is 40.5 Å². The van der Waals surface area contributed by atoms with Crippen LogP contribution in [0.4, 0.5) is 0 Å². The zero-order valence-electron chi connectivity index (χ0n) is 14.8. The molecule has 0 bridgehead atoms. The molecular formula is C20H20ClN3O3. The Morgan fingerprint density at radius 3 is 2.96 bits per heavy atom. The van der Waals surface area contributed by atoms with E-state index in [1.54, 1.807) is 0 Å². The lowest BCUT2D eigenvalue weighted by molar-refractivity contribution is 0.0721. The Kier molecular flexibility index (Phi) is 4.17. The summed E-state index contributed by atoms with van der Waals surface area (Å²) < 4.78 is 11.4. The van der Waals surface area contributed by atoms with Gasteiger partial charge < -0.3 is 19.0 Å². The fourth-order valence-electron chi connectivity index (χ4n) is 3.90. The molecule has 2 aliphatic heterocycles. The van der Waals surface area contributed by atoms with Crippen molar-refractivity contribution in [1.29, 1.82) is 0 Å². The van der Waals surface area contributed by atoms with Gasteiger partial charge in [-0.05, 0) is 37.1 Å². The highest BCUT2D eigenvalue weighted by molar-refractivity contribution is 6.31. The summed E-state index contributed by atoms with van der Waals surface area (Å²) >= 11 is 6.04. The third-order valence-corrected chi connectivity index (χ3v) is 5.65. The van der Waals surface area contributed by atoms with Gasteiger partial charge >= 0.3 is 0 Å². The van der Waals surface area contributed by atoms with Crippen LogP contribution in [0.5, 0.6) is 0 Å². The molecule has 0 atom stereocenters. The van der Waals surface area contributed by atoms with Crippen LogP contribution >= 0.6 is 11.6 Å². The van der Waals surface area contributed by atoms with E-state index in [2.05, 4.69) is 4.98 Å². The van der Waals surface area contributed by atoms with E-state index in [-0.39, 0.29) is 5.91 Å². The lowest BCUT2D eigenvalue weighted by Crippen LogP contribution is -2.36. The van der Waals surface area contributed by atoms with Crippen molar-refractivity contribution in [1.82, 2.24) is 14.9 Å². The van der Waals surface area contributed by atoms with E-state index in [4.69, 9.17) is 25.7 Å². The fraction of sp³-hybridized carbons (Fsp3) is 0.400. The molecule has 1 N–H and O–H groups in total. The van der Waals surface area contributed by atoms with Gasteiger partial charge in [-0.25, -0.2) is 4.98 Å². The van der Waals surface area contributed by atoms with E-state index in [0.29, 0.717) is 36.1 Å². The van der Waals surface area contributed by atoms with E-state index < -0.39 is 0 Å². The van der Waals surface area contributed by atoms with Crippen LogP contribution in [0.25, 0.3) is 10.9 Å². The number of H-pyrrole nitrogens is 1. The molecule has 4 heterocycles. The van der Waals surface area contributed by atoms with Crippen molar-refractivity contribution in [3.8, 4) is 0 Å². The number of oxazole rings is 1. The molecule has 27 heavy (non-hydrogen) atoms. The highest BCUT2D eigenvalue weighted by Gasteiger charge is 2.29. The number of nitrogens with one attached hydrogen (secondary N) is 1. The monoisotopic (exact) mass is 385 g/mol. The molecule has 1 fully saturated rings. The van der Waals surface area contributed by atoms with Crippen molar-refractivity contribution in [2.75, 3.05) is 19.8 Å². The summed E-state index contributed by atoms with van der Waals surface area (Å²) in [5, 5.41) is 1.60. The van der Waals surface area contributed by atoms with Crippen LogP contribution in [0.3, 0.4) is 0 Å². The minimum absolute atomic E-state index is 0.0245. The molecule has 0 radical (unpaired) electrons. The minimum Gasteiger partial charge on any atom is -0.445 e. The first kappa shape index (κ1) is 16.8. The summed E-state index contributed by atoms with van der Waals surface area (Å²) in [6.07, 6.45) is 2.59. The van der Waals surface area contributed by atoms with Crippen molar-refractivity contribution >= 4 is 28.4 Å². The molecule has 6 nitrogen and oxygen atoms in total. The quantitative estimate of drug-likeness (QED) is 0.726. The molecule has 1 amide bonds. The van der Waals surface area contributed by atoms with Gasteiger partial charge in [0.1, 0.15) is 17.1 Å². The number of hydrogen-bond donors (Lipinski definition) is 1. The number of benzene rings is 1. The van der Waals surface area contributed by atoms with E-state index >= 15 is 0 Å². The number of nitrogens with zero attached hydrogens (tertiary/aromatic N) is 2. The van der Waals surface area contributed by atoms with Crippen molar-refractivity contribution < 1.29 is 13.9 Å². The first-order valence-corrected chi connectivity index (χ1v) is 9.69. The fourth-order valence-corrected chi connectivity index (χ4v) is 4.08. The molecule has 0 saturated carbocycles. The smallest absolute Gasteiger partial charge is 0.270 e. The van der Waals surface area contributed by atoms with Crippen molar-refractivity contribution in [3.05, 3.63) is 52.3 Å². The largest absolute Gasteiger partial charge is 0.445 e. The third-order valence-electron chi connectivity index (χ3n) is 5.42. The Morgan fingerprint density at radius 2 is 2.11 bits per heavy atom. The second kappa shape index (κ2) is 6.69. The van der Waals surface area contributed by atoms with E-state index in [1.807, 2.05) is 29.2 Å². The van der Waals surface area contributed by atoms with Gasteiger partial charge in [0.15, 0.2) is 5.89 Å².